The van der Waals surface area contributed by atoms with Crippen molar-refractivity contribution in [3.8, 4) is 0 Å². The zero-order chi connectivity index (χ0) is 13.1. The largest absolute Gasteiger partial charge is 0.264 e. The predicted octanol–water partition coefficient (Wildman–Crippen LogP) is 4.99. The van der Waals surface area contributed by atoms with Gasteiger partial charge in [-0.3, -0.25) is 4.98 Å². The maximum atomic E-state index is 4.22. The van der Waals surface area contributed by atoms with Crippen LogP contribution in [0.4, 0.5) is 0 Å². The Morgan fingerprint density at radius 1 is 1.28 bits per heavy atom. The zero-order valence-electron chi connectivity index (χ0n) is 11.5. The summed E-state index contributed by atoms with van der Waals surface area (Å²) in [6, 6.07) is 6.55. The number of aryl methyl sites for hydroxylation is 1. The molecule has 0 unspecified atom stereocenters. The number of fused-ring (bicyclic) bond motifs is 1. The van der Waals surface area contributed by atoms with Crippen LogP contribution in [-0.4, -0.2) is 4.98 Å². The Labute approximate surface area is 110 Å². The summed E-state index contributed by atoms with van der Waals surface area (Å²) >= 11 is 0. The summed E-state index contributed by atoms with van der Waals surface area (Å²) < 4.78 is 0. The van der Waals surface area contributed by atoms with Crippen LogP contribution in [0.15, 0.2) is 37.2 Å². The van der Waals surface area contributed by atoms with Crippen molar-refractivity contribution in [2.45, 2.75) is 33.6 Å². The minimum atomic E-state index is 0.730. The summed E-state index contributed by atoms with van der Waals surface area (Å²) in [4.78, 5) is 4.22. The van der Waals surface area contributed by atoms with E-state index in [9.17, 15) is 0 Å². The first-order chi connectivity index (χ1) is 8.58. The molecule has 0 saturated carbocycles. The van der Waals surface area contributed by atoms with Crippen molar-refractivity contribution in [2.75, 3.05) is 0 Å². The van der Waals surface area contributed by atoms with Gasteiger partial charge in [0.2, 0.25) is 0 Å². The number of benzene rings is 1. The van der Waals surface area contributed by atoms with Gasteiger partial charge in [-0.05, 0) is 53.8 Å². The van der Waals surface area contributed by atoms with Gasteiger partial charge in [0.15, 0.2) is 0 Å². The minimum Gasteiger partial charge on any atom is -0.264 e. The molecule has 0 aliphatic rings. The highest BCUT2D eigenvalue weighted by Crippen LogP contribution is 2.25. The summed E-state index contributed by atoms with van der Waals surface area (Å²) in [6.07, 6.45) is 6.12. The van der Waals surface area contributed by atoms with Gasteiger partial charge in [-0.25, -0.2) is 0 Å². The van der Waals surface area contributed by atoms with E-state index in [1.54, 1.807) is 0 Å². The molecular formula is C17H21N. The molecule has 0 saturated heterocycles. The maximum Gasteiger partial charge on any atom is 0.0346 e. The lowest BCUT2D eigenvalue weighted by Gasteiger charge is -2.10. The highest BCUT2D eigenvalue weighted by Gasteiger charge is 2.04. The second-order valence-corrected chi connectivity index (χ2v) is 5.43. The van der Waals surface area contributed by atoms with E-state index in [1.165, 1.54) is 33.9 Å². The summed E-state index contributed by atoms with van der Waals surface area (Å²) in [5.41, 5.74) is 3.73. The van der Waals surface area contributed by atoms with Crippen molar-refractivity contribution in [3.05, 3.63) is 48.3 Å². The van der Waals surface area contributed by atoms with Crippen molar-refractivity contribution in [3.63, 3.8) is 0 Å². The molecule has 2 aromatic rings. The third-order valence-electron chi connectivity index (χ3n) is 3.39. The van der Waals surface area contributed by atoms with E-state index in [1.807, 2.05) is 12.4 Å². The Balaban J connectivity index is 2.29. The lowest BCUT2D eigenvalue weighted by molar-refractivity contribution is 0.599. The average molecular weight is 239 g/mol. The zero-order valence-corrected chi connectivity index (χ0v) is 11.5. The number of hydrogen-bond acceptors (Lipinski definition) is 1. The Kier molecular flexibility index (Phi) is 3.81. The van der Waals surface area contributed by atoms with Crippen molar-refractivity contribution in [1.82, 2.24) is 4.98 Å². The predicted molar refractivity (Wildman–Crippen MR) is 79.6 cm³/mol. The van der Waals surface area contributed by atoms with Gasteiger partial charge >= 0.3 is 0 Å². The fourth-order valence-electron chi connectivity index (χ4n) is 2.14. The normalized spacial score (nSPS) is 11.1. The fraction of sp³-hybridized carbons (Fsp3) is 0.353. The van der Waals surface area contributed by atoms with Gasteiger partial charge in [0.05, 0.1) is 0 Å². The van der Waals surface area contributed by atoms with Crippen LogP contribution in [0, 0.1) is 12.8 Å². The van der Waals surface area contributed by atoms with Gasteiger partial charge < -0.3 is 0 Å². The molecule has 1 nitrogen and oxygen atoms in total. The van der Waals surface area contributed by atoms with Gasteiger partial charge in [0.1, 0.15) is 0 Å². The fourth-order valence-corrected chi connectivity index (χ4v) is 2.14. The molecular weight excluding hydrogens is 218 g/mol. The van der Waals surface area contributed by atoms with Crippen LogP contribution in [0.5, 0.6) is 0 Å². The first kappa shape index (κ1) is 12.8. The molecule has 1 aromatic heterocycles. The summed E-state index contributed by atoms with van der Waals surface area (Å²) in [5.74, 6) is 0.730. The van der Waals surface area contributed by atoms with E-state index in [4.69, 9.17) is 0 Å². The van der Waals surface area contributed by atoms with Gasteiger partial charge in [-0.15, -0.1) is 0 Å². The van der Waals surface area contributed by atoms with Crippen molar-refractivity contribution >= 4 is 16.3 Å². The molecule has 0 N–H and O–H groups in total. The lowest BCUT2D eigenvalue weighted by atomic mass is 9.96. The topological polar surface area (TPSA) is 12.9 Å². The van der Waals surface area contributed by atoms with Gasteiger partial charge in [-0.1, -0.05) is 32.6 Å². The lowest BCUT2D eigenvalue weighted by Crippen LogP contribution is -1.90. The Bertz CT molecular complexity index is 567. The number of allylic oxidation sites excluding steroid dienone is 1. The quantitative estimate of drug-likeness (QED) is 0.732. The number of rotatable bonds is 4. The Morgan fingerprint density at radius 2 is 2.06 bits per heavy atom. The van der Waals surface area contributed by atoms with E-state index >= 15 is 0 Å². The monoisotopic (exact) mass is 239 g/mol. The molecule has 0 bridgehead atoms. The molecule has 0 aliphatic carbocycles. The van der Waals surface area contributed by atoms with Crippen LogP contribution in [0.3, 0.4) is 0 Å². The molecule has 0 atom stereocenters. The maximum absolute atomic E-state index is 4.22. The Hall–Kier alpha value is -1.63. The average Bonchev–Trinajstić information content (AvgIpc) is 2.36. The van der Waals surface area contributed by atoms with Crippen LogP contribution in [0.2, 0.25) is 0 Å². The second kappa shape index (κ2) is 5.34. The van der Waals surface area contributed by atoms with Crippen LogP contribution < -0.4 is 0 Å². The first-order valence-electron chi connectivity index (χ1n) is 6.60. The molecule has 1 heterocycles. The summed E-state index contributed by atoms with van der Waals surface area (Å²) in [5, 5.41) is 2.49. The highest BCUT2D eigenvalue weighted by molar-refractivity contribution is 5.87. The number of pyridine rings is 1. The van der Waals surface area contributed by atoms with E-state index in [0.717, 1.165) is 12.3 Å². The van der Waals surface area contributed by atoms with Crippen LogP contribution in [-0.2, 0) is 0 Å². The molecule has 0 radical (unpaired) electrons. The molecule has 0 aliphatic heterocycles. The molecule has 1 aromatic carbocycles. The summed E-state index contributed by atoms with van der Waals surface area (Å²) in [6.45, 7) is 10.8. The number of nitrogens with zero attached hydrogens (tertiary/aromatic N) is 1. The molecule has 0 fully saturated rings. The molecule has 94 valence electrons. The van der Waals surface area contributed by atoms with E-state index in [2.05, 4.69) is 50.5 Å². The van der Waals surface area contributed by atoms with E-state index in [0.29, 0.717) is 0 Å². The SMILES string of the molecule is C=C(CCC(C)C)c1ccc2cncc(C)c2c1. The number of hydrogen-bond donors (Lipinski definition) is 0. The minimum absolute atomic E-state index is 0.730. The Morgan fingerprint density at radius 3 is 2.78 bits per heavy atom. The van der Waals surface area contributed by atoms with Crippen LogP contribution >= 0.6 is 0 Å². The van der Waals surface area contributed by atoms with Crippen molar-refractivity contribution in [1.29, 1.82) is 0 Å². The van der Waals surface area contributed by atoms with Crippen molar-refractivity contribution in [2.24, 2.45) is 5.92 Å². The molecule has 0 amide bonds. The smallest absolute Gasteiger partial charge is 0.0346 e. The third kappa shape index (κ3) is 2.79. The number of aromatic nitrogens is 1. The summed E-state index contributed by atoms with van der Waals surface area (Å²) in [7, 11) is 0. The van der Waals surface area contributed by atoms with E-state index in [-0.39, 0.29) is 0 Å². The van der Waals surface area contributed by atoms with Crippen LogP contribution in [0.25, 0.3) is 16.3 Å². The standard InChI is InChI=1S/C17H21N/c1-12(2)5-6-13(3)15-7-8-16-11-18-10-14(4)17(16)9-15/h7-12H,3,5-6H2,1-2,4H3. The first-order valence-corrected chi connectivity index (χ1v) is 6.60. The highest BCUT2D eigenvalue weighted by atomic mass is 14.6. The van der Waals surface area contributed by atoms with Crippen molar-refractivity contribution < 1.29 is 0 Å². The molecule has 1 heteroatoms. The van der Waals surface area contributed by atoms with E-state index < -0.39 is 0 Å². The molecule has 0 spiro atoms. The van der Waals surface area contributed by atoms with Gasteiger partial charge in [0.25, 0.3) is 0 Å². The van der Waals surface area contributed by atoms with Crippen LogP contribution in [0.1, 0.15) is 37.8 Å². The second-order valence-electron chi connectivity index (χ2n) is 5.43. The molecule has 18 heavy (non-hydrogen) atoms. The third-order valence-corrected chi connectivity index (χ3v) is 3.39. The molecule has 2 rings (SSSR count). The van der Waals surface area contributed by atoms with Gasteiger partial charge in [0, 0.05) is 17.8 Å². The van der Waals surface area contributed by atoms with Gasteiger partial charge in [-0.2, -0.15) is 0 Å².